The van der Waals surface area contributed by atoms with Gasteiger partial charge >= 0.3 is 2480 Å². The third-order valence-corrected chi connectivity index (χ3v) is 0. The van der Waals surface area contributed by atoms with Crippen LogP contribution in [-0.4, -0.2) is 87.9 Å². The maximum Gasteiger partial charge on any atom is 1.00 e. The molecule has 0 bridgehead atoms. The molecule has 36 nitrogen and oxygen atoms in total. The topological polar surface area (TPSA) is 830 Å². The van der Waals surface area contributed by atoms with E-state index >= 15 is 0 Å². The first kappa shape index (κ1) is 322. The van der Waals surface area contributed by atoms with Gasteiger partial charge in [0.15, 0.2) is 0 Å². The fraction of sp³-hybridized carbons (Fsp3) is 0. The third kappa shape index (κ3) is 689. The Hall–Kier alpha value is 73.2. The van der Waals surface area contributed by atoms with Crippen molar-refractivity contribution < 1.29 is 2660 Å². The molecule has 0 aliphatic heterocycles. The minimum Gasteiger partial charge on any atom is -0.907 e. The van der Waals surface area contributed by atoms with Crippen molar-refractivity contribution in [1.82, 2.24) is 0 Å². The molecule has 0 aliphatic rings. The van der Waals surface area contributed by atoms with Gasteiger partial charge in [0, 0.05) is 0 Å². The van der Waals surface area contributed by atoms with Gasteiger partial charge < -0.3 is 181 Å². The van der Waals surface area contributed by atoms with Crippen molar-refractivity contribution in [1.29, 1.82) is 0 Å². The second-order valence-corrected chi connectivity index (χ2v) is 3.46. The molecule has 0 saturated carbocycles. The van der Waals surface area contributed by atoms with Crippen molar-refractivity contribution in [2.45, 2.75) is 0 Å². The average molecular weight is 5490 g/mol. The summed E-state index contributed by atoms with van der Waals surface area (Å²) >= 11 is 0. The van der Waals surface area contributed by atoms with Gasteiger partial charge in [0.1, 0.15) is 0 Å². The quantitative estimate of drug-likeness (QED) is 0.203. The summed E-state index contributed by atoms with van der Waals surface area (Å²) in [6.07, 6.45) is 0. The van der Waals surface area contributed by atoms with Gasteiger partial charge in [0.25, 0.3) is 0 Å². The summed E-state index contributed by atoms with van der Waals surface area (Å²) in [5, 5.41) is 303. The molecule has 0 rings (SSSR count). The van der Waals surface area contributed by atoms with Crippen LogP contribution in [0.3, 0.4) is 0 Å². The molecule has 0 atom stereocenters. The van der Waals surface area contributed by atoms with E-state index in [0.717, 1.165) is 0 Å². The van der Waals surface area contributed by atoms with Crippen LogP contribution in [-0.2, 0) is 0 Å². The zero-order chi connectivity index (χ0) is 42.9. The van der Waals surface area contributed by atoms with Crippen LogP contribution in [0.15, 0.2) is 0 Å². The van der Waals surface area contributed by atoms with Crippen LogP contribution in [0.5, 0.6) is 0 Å². The molecule has 0 spiro atoms. The SMILES string of the molecule is [Cs+].[Cs+].[Cs+].[Cs+].[Cs+].[Cs+].[Cs+].[Cs+].[Cs+].[Cs+].[Cs+].[Cs+].[Cs+].[Cs+].[Cs+].[Cs+].[Cs+].[Cs+].[Cs+].[Cs+].[Cs+].[Cs+].[Cs+].[Cs+].[Cs+].[Cs+].[Cs+].[Cs+].[Cs+].[Cs+].[Cs+].[Cs+].[Cs+].[Cs+].[Cs+].[Cs+].[O-]B([O-])[O-].[O-]B([O-])[O-].[O-]B([O-])[O-].[O-]B([O-])[O-].[O-]B([O-])[O-].[O-]B([O-])[O-].[O-]B([O-])[O-].[O-]B([O-])[O-].[O-]B([O-])[O-].[O-]B([O-])[O-].[O-]B([O-])[O-].[O-]B([O-])[O-]. The summed E-state index contributed by atoms with van der Waals surface area (Å²) in [5.74, 6) is 0. The predicted molar refractivity (Wildman–Crippen MR) is 69.0 cm³/mol. The molecular formula is B12Cs36O36. The summed E-state index contributed by atoms with van der Waals surface area (Å²) in [7, 11) is -35.0. The monoisotopic (exact) mass is 5490 g/mol. The summed E-state index contributed by atoms with van der Waals surface area (Å²) in [5.41, 5.74) is 0. The van der Waals surface area contributed by atoms with Gasteiger partial charge in [0.2, 0.25) is 0 Å². The van der Waals surface area contributed by atoms with Crippen molar-refractivity contribution >= 4 is 87.9 Å². The second kappa shape index (κ2) is 316. The van der Waals surface area contributed by atoms with Crippen LogP contribution >= 0.6 is 0 Å². The molecule has 0 unspecified atom stereocenters. The van der Waals surface area contributed by atoms with E-state index in [1.165, 1.54) is 0 Å². The molecular weight excluding hydrogens is 5490 g/mol. The molecule has 288 valence electrons. The van der Waals surface area contributed by atoms with Crippen molar-refractivity contribution in [3.63, 3.8) is 0 Å². The Morgan fingerprint density at radius 3 is 0.0595 bits per heavy atom. The standard InChI is InChI=1S/12BO3.36Cs/c12*2-1(3)4;;;;;;;;;;;;;;;;;;;;;;;;;;;;;;;;;;;;/q12*-3;36*+1. The third-order valence-electron chi connectivity index (χ3n) is 0. The molecule has 0 N–H and O–H groups in total. The molecule has 0 fully saturated rings. The zero-order valence-corrected chi connectivity index (χ0v) is 284. The number of hydrogen-bond acceptors (Lipinski definition) is 36. The molecule has 0 aromatic carbocycles. The van der Waals surface area contributed by atoms with Crippen LogP contribution in [0, 0.1) is 0 Å². The zero-order valence-electron chi connectivity index (χ0n) is 57.6. The van der Waals surface area contributed by atoms with E-state index in [4.69, 9.17) is 181 Å². The molecule has 0 aromatic rings. The number of rotatable bonds is 0. The van der Waals surface area contributed by atoms with Gasteiger partial charge in [-0.2, -0.15) is 0 Å². The van der Waals surface area contributed by atoms with E-state index in [1.807, 2.05) is 0 Å². The molecule has 84 heteroatoms. The predicted octanol–water partition coefficient (Wildman–Crippen LogP) is -155. The molecule has 0 radical (unpaired) electrons. The van der Waals surface area contributed by atoms with Gasteiger partial charge in [-0.15, -0.1) is 0 Å². The molecule has 0 saturated heterocycles. The van der Waals surface area contributed by atoms with E-state index in [9.17, 15) is 0 Å². The van der Waals surface area contributed by atoms with Gasteiger partial charge in [-0.3, -0.25) is 87.9 Å². The maximum atomic E-state index is 8.42. The van der Waals surface area contributed by atoms with Gasteiger partial charge in [-0.25, -0.2) is 0 Å². The Morgan fingerprint density at radius 1 is 0.0595 bits per heavy atom. The summed E-state index contributed by atoms with van der Waals surface area (Å²) in [4.78, 5) is 0. The van der Waals surface area contributed by atoms with E-state index < -0.39 is 87.9 Å². The van der Waals surface area contributed by atoms with E-state index in [-0.39, 0.29) is 2480 Å². The Morgan fingerprint density at radius 2 is 0.0595 bits per heavy atom. The average Bonchev–Trinajstić information content (AvgIpc) is 2.61. The molecule has 84 heavy (non-hydrogen) atoms. The van der Waals surface area contributed by atoms with Gasteiger partial charge in [0.05, 0.1) is 0 Å². The van der Waals surface area contributed by atoms with Crippen LogP contribution in [0.2, 0.25) is 0 Å². The fourth-order valence-electron chi connectivity index (χ4n) is 0. The maximum absolute atomic E-state index is 8.42. The van der Waals surface area contributed by atoms with Crippen LogP contribution in [0.1, 0.15) is 0 Å². The number of hydrogen-bond donors (Lipinski definition) is 0. The van der Waals surface area contributed by atoms with E-state index in [2.05, 4.69) is 0 Å². The first-order valence-corrected chi connectivity index (χ1v) is 8.49. The molecule has 0 aromatic heterocycles. The van der Waals surface area contributed by atoms with E-state index in [0.29, 0.717) is 0 Å². The van der Waals surface area contributed by atoms with Gasteiger partial charge in [-0.1, -0.05) is 0 Å². The Labute approximate surface area is 2620 Å². The van der Waals surface area contributed by atoms with Crippen LogP contribution in [0.25, 0.3) is 0 Å². The largest absolute Gasteiger partial charge is 1.00 e. The molecule has 0 amide bonds. The fourth-order valence-corrected chi connectivity index (χ4v) is 0. The van der Waals surface area contributed by atoms with Crippen LogP contribution < -0.4 is 2660 Å². The summed E-state index contributed by atoms with van der Waals surface area (Å²) in [6.45, 7) is 0. The van der Waals surface area contributed by atoms with Crippen molar-refractivity contribution in [3.8, 4) is 0 Å². The summed E-state index contributed by atoms with van der Waals surface area (Å²) < 4.78 is 0. The molecule has 0 heterocycles. The first-order valence-electron chi connectivity index (χ1n) is 8.49. The second-order valence-electron chi connectivity index (χ2n) is 3.46. The smallest absolute Gasteiger partial charge is 0.907 e. The minimum absolute atomic E-state index is 0. The van der Waals surface area contributed by atoms with Crippen molar-refractivity contribution in [3.05, 3.63) is 0 Å². The Bertz CT molecular complexity index is 308. The molecule has 0 aliphatic carbocycles. The minimum atomic E-state index is -2.92. The van der Waals surface area contributed by atoms with Gasteiger partial charge in [-0.05, 0) is 0 Å². The summed E-state index contributed by atoms with van der Waals surface area (Å²) in [6, 6.07) is 0. The normalized spacial score (nSPS) is 3.86. The van der Waals surface area contributed by atoms with Crippen molar-refractivity contribution in [2.75, 3.05) is 0 Å². The van der Waals surface area contributed by atoms with Crippen LogP contribution in [0.4, 0.5) is 0 Å². The first-order chi connectivity index (χ1) is 20.8. The Kier molecular flexibility index (Phi) is 1210. The van der Waals surface area contributed by atoms with Crippen molar-refractivity contribution in [2.24, 2.45) is 0 Å². The van der Waals surface area contributed by atoms with E-state index in [1.54, 1.807) is 0 Å². The Balaban J connectivity index is -0.00000000352.